The van der Waals surface area contributed by atoms with E-state index in [4.69, 9.17) is 4.74 Å². The number of carbonyl (C=O) groups excluding carboxylic acids is 3. The van der Waals surface area contributed by atoms with E-state index < -0.39 is 22.7 Å². The number of aliphatic hydroxyl groups is 1. The maximum atomic E-state index is 13.8. The first-order chi connectivity index (χ1) is 14.6. The van der Waals surface area contributed by atoms with Gasteiger partial charge in [0.25, 0.3) is 0 Å². The predicted octanol–water partition coefficient (Wildman–Crippen LogP) is 5.57. The molecule has 0 aliphatic heterocycles. The number of aldehydes is 1. The maximum Gasteiger partial charge on any atom is 0.193 e. The van der Waals surface area contributed by atoms with Gasteiger partial charge in [-0.05, 0) is 59.6 Å². The van der Waals surface area contributed by atoms with E-state index in [0.717, 1.165) is 11.1 Å². The fraction of sp³-hybridized carbons (Fsp3) is 0.346. The van der Waals surface area contributed by atoms with Gasteiger partial charge in [0.15, 0.2) is 17.9 Å². The summed E-state index contributed by atoms with van der Waals surface area (Å²) in [6.07, 6.45) is 6.72. The second-order valence-corrected chi connectivity index (χ2v) is 8.34. The van der Waals surface area contributed by atoms with Crippen molar-refractivity contribution < 1.29 is 24.2 Å². The van der Waals surface area contributed by atoms with Crippen LogP contribution in [0.3, 0.4) is 0 Å². The third kappa shape index (κ3) is 4.76. The number of ether oxygens (including phenoxy) is 1. The van der Waals surface area contributed by atoms with Gasteiger partial charge in [-0.25, -0.2) is 0 Å². The highest BCUT2D eigenvalue weighted by atomic mass is 16.5. The second-order valence-electron chi connectivity index (χ2n) is 8.34. The molecule has 1 N–H and O–H groups in total. The average Bonchev–Trinajstić information content (AvgIpc) is 2.72. The summed E-state index contributed by atoms with van der Waals surface area (Å²) in [5, 5.41) is 11.1. The van der Waals surface area contributed by atoms with Crippen LogP contribution in [-0.4, -0.2) is 30.1 Å². The summed E-state index contributed by atoms with van der Waals surface area (Å²) < 4.78 is 5.19. The number of hydrogen-bond donors (Lipinski definition) is 1. The third-order valence-electron chi connectivity index (χ3n) is 5.62. The molecule has 2 rings (SSSR count). The van der Waals surface area contributed by atoms with Crippen molar-refractivity contribution in [1.29, 1.82) is 0 Å². The number of aliphatic hydroxyl groups excluding tert-OH is 1. The molecular formula is C26H30O5. The molecule has 1 aromatic carbocycles. The number of allylic oxidation sites excluding steroid dienone is 7. The molecule has 31 heavy (non-hydrogen) atoms. The Balaban J connectivity index is 2.79. The summed E-state index contributed by atoms with van der Waals surface area (Å²) in [6, 6.07) is 4.66. The molecule has 164 valence electrons. The Labute approximate surface area is 183 Å². The van der Waals surface area contributed by atoms with Crippen molar-refractivity contribution in [3.63, 3.8) is 0 Å². The van der Waals surface area contributed by atoms with Crippen molar-refractivity contribution in [2.45, 2.75) is 47.5 Å². The predicted molar refractivity (Wildman–Crippen MR) is 122 cm³/mol. The lowest BCUT2D eigenvalue weighted by Crippen LogP contribution is -2.39. The van der Waals surface area contributed by atoms with Gasteiger partial charge in [-0.1, -0.05) is 41.0 Å². The Hall–Kier alpha value is -3.21. The zero-order chi connectivity index (χ0) is 23.3. The van der Waals surface area contributed by atoms with E-state index in [2.05, 4.69) is 0 Å². The average molecular weight is 423 g/mol. The summed E-state index contributed by atoms with van der Waals surface area (Å²) in [5.74, 6) is -1.25. The van der Waals surface area contributed by atoms with Crippen LogP contribution in [0.5, 0.6) is 5.75 Å². The van der Waals surface area contributed by atoms with Gasteiger partial charge in [-0.3, -0.25) is 14.4 Å². The van der Waals surface area contributed by atoms with E-state index in [1.54, 1.807) is 19.1 Å². The minimum Gasteiger partial charge on any atom is -0.506 e. The van der Waals surface area contributed by atoms with Crippen molar-refractivity contribution in [2.75, 3.05) is 7.11 Å². The summed E-state index contributed by atoms with van der Waals surface area (Å²) in [7, 11) is 1.41. The Morgan fingerprint density at radius 3 is 2.13 bits per heavy atom. The molecule has 0 spiro atoms. The molecule has 1 aromatic rings. The highest BCUT2D eigenvalue weighted by Gasteiger charge is 2.46. The van der Waals surface area contributed by atoms with E-state index in [0.29, 0.717) is 24.7 Å². The van der Waals surface area contributed by atoms with Crippen LogP contribution in [0.15, 0.2) is 58.7 Å². The minimum atomic E-state index is -0.980. The molecule has 0 saturated heterocycles. The van der Waals surface area contributed by atoms with E-state index in [1.807, 2.05) is 39.8 Å². The van der Waals surface area contributed by atoms with Crippen molar-refractivity contribution in [3.8, 4) is 5.75 Å². The molecule has 0 amide bonds. The monoisotopic (exact) mass is 422 g/mol. The van der Waals surface area contributed by atoms with E-state index >= 15 is 0 Å². The first-order valence-corrected chi connectivity index (χ1v) is 10.2. The van der Waals surface area contributed by atoms with Gasteiger partial charge in [0, 0.05) is 5.56 Å². The highest BCUT2D eigenvalue weighted by Crippen LogP contribution is 2.44. The van der Waals surface area contributed by atoms with E-state index in [9.17, 15) is 19.5 Å². The van der Waals surface area contributed by atoms with Crippen LogP contribution in [0.1, 0.15) is 63.4 Å². The molecule has 1 aliphatic rings. The molecule has 0 atom stereocenters. The van der Waals surface area contributed by atoms with Gasteiger partial charge in [0.1, 0.15) is 17.1 Å². The Kier molecular flexibility index (Phi) is 7.55. The highest BCUT2D eigenvalue weighted by molar-refractivity contribution is 6.32. The van der Waals surface area contributed by atoms with Crippen LogP contribution in [0.25, 0.3) is 5.76 Å². The van der Waals surface area contributed by atoms with Crippen LogP contribution < -0.4 is 4.74 Å². The molecule has 5 nitrogen and oxygen atoms in total. The molecule has 0 fully saturated rings. The Morgan fingerprint density at radius 1 is 1.06 bits per heavy atom. The summed E-state index contributed by atoms with van der Waals surface area (Å²) in [5.41, 5.74) is 1.67. The first-order valence-electron chi connectivity index (χ1n) is 10.2. The zero-order valence-corrected chi connectivity index (χ0v) is 19.0. The van der Waals surface area contributed by atoms with Gasteiger partial charge < -0.3 is 9.84 Å². The van der Waals surface area contributed by atoms with Gasteiger partial charge in [-0.15, -0.1) is 0 Å². The lowest BCUT2D eigenvalue weighted by Gasteiger charge is -2.35. The third-order valence-corrected chi connectivity index (χ3v) is 5.62. The van der Waals surface area contributed by atoms with Crippen LogP contribution in [0.2, 0.25) is 0 Å². The SMILES string of the molecule is COc1cccc(/C(O)=C2\C(=O)C=C(C)C(CC=C(C)C)(CC=C(C)C)C2=O)c1C=O. The summed E-state index contributed by atoms with van der Waals surface area (Å²) >= 11 is 0. The number of carbonyl (C=O) groups is 3. The molecule has 1 aliphatic carbocycles. The fourth-order valence-electron chi connectivity index (χ4n) is 3.69. The van der Waals surface area contributed by atoms with Gasteiger partial charge in [0.2, 0.25) is 0 Å². The van der Waals surface area contributed by atoms with Crippen LogP contribution in [0.4, 0.5) is 0 Å². The molecule has 0 bridgehead atoms. The molecule has 0 unspecified atom stereocenters. The lowest BCUT2D eigenvalue weighted by atomic mass is 9.65. The number of ketones is 2. The maximum absolute atomic E-state index is 13.8. The molecule has 0 radical (unpaired) electrons. The number of methoxy groups -OCH3 is 1. The second kappa shape index (κ2) is 9.73. The molecule has 5 heteroatoms. The van der Waals surface area contributed by atoms with Crippen molar-refractivity contribution in [1.82, 2.24) is 0 Å². The molecule has 0 aromatic heterocycles. The quantitative estimate of drug-likeness (QED) is 0.204. The molecule has 0 heterocycles. The Bertz CT molecular complexity index is 1010. The Morgan fingerprint density at radius 2 is 1.65 bits per heavy atom. The normalized spacial score (nSPS) is 16.9. The topological polar surface area (TPSA) is 80.7 Å². The van der Waals surface area contributed by atoms with Crippen LogP contribution >= 0.6 is 0 Å². The van der Waals surface area contributed by atoms with Crippen LogP contribution in [0, 0.1) is 5.41 Å². The van der Waals surface area contributed by atoms with Crippen LogP contribution in [-0.2, 0) is 9.59 Å². The van der Waals surface area contributed by atoms with E-state index in [1.165, 1.54) is 19.3 Å². The number of hydrogen-bond acceptors (Lipinski definition) is 5. The van der Waals surface area contributed by atoms with Gasteiger partial charge in [0.05, 0.1) is 18.1 Å². The van der Waals surface area contributed by atoms with Crippen molar-refractivity contribution >= 4 is 23.6 Å². The fourth-order valence-corrected chi connectivity index (χ4v) is 3.69. The lowest BCUT2D eigenvalue weighted by molar-refractivity contribution is -0.126. The smallest absolute Gasteiger partial charge is 0.193 e. The standard InChI is InChI=1S/C26H30O5/c1-16(2)10-12-26(13-11-17(3)4)18(5)14-21(28)23(25(26)30)24(29)19-8-7-9-22(31-6)20(19)15-27/h7-11,14-15,29H,12-13H2,1-6H3/b24-23-. The zero-order valence-electron chi connectivity index (χ0n) is 19.0. The largest absolute Gasteiger partial charge is 0.506 e. The van der Waals surface area contributed by atoms with Crippen molar-refractivity contribution in [2.24, 2.45) is 5.41 Å². The van der Waals surface area contributed by atoms with Crippen molar-refractivity contribution in [3.05, 3.63) is 69.8 Å². The van der Waals surface area contributed by atoms with E-state index in [-0.39, 0.29) is 22.4 Å². The molecule has 0 saturated carbocycles. The first kappa shape index (κ1) is 24.1. The van der Waals surface area contributed by atoms with Gasteiger partial charge in [-0.2, -0.15) is 0 Å². The summed E-state index contributed by atoms with van der Waals surface area (Å²) in [4.78, 5) is 38.4. The number of Topliss-reactive ketones (excluding diaryl/α,β-unsaturated/α-hetero) is 1. The van der Waals surface area contributed by atoms with Gasteiger partial charge >= 0.3 is 0 Å². The summed E-state index contributed by atoms with van der Waals surface area (Å²) in [6.45, 7) is 9.59. The molecular weight excluding hydrogens is 392 g/mol. The number of rotatable bonds is 7. The number of benzene rings is 1. The minimum absolute atomic E-state index is 0.0843.